The van der Waals surface area contributed by atoms with Gasteiger partial charge in [0.05, 0.1) is 12.7 Å². The maximum atomic E-state index is 12.6. The first kappa shape index (κ1) is 25.9. The maximum Gasteiger partial charge on any atom is 0.414 e. The topological polar surface area (TPSA) is 69.5 Å². The molecule has 186 valence electrons. The van der Waals surface area contributed by atoms with E-state index >= 15 is 0 Å². The zero-order valence-electron chi connectivity index (χ0n) is 20.8. The van der Waals surface area contributed by atoms with Crippen LogP contribution in [-0.4, -0.2) is 39.9 Å². The number of anilines is 1. The molecule has 1 heterocycles. The average molecular weight is 481 g/mol. The summed E-state index contributed by atoms with van der Waals surface area (Å²) in [6.45, 7) is 8.20. The lowest BCUT2D eigenvalue weighted by Gasteiger charge is -2.27. The van der Waals surface area contributed by atoms with Crippen LogP contribution < -0.4 is 9.64 Å². The van der Waals surface area contributed by atoms with Gasteiger partial charge < -0.3 is 9.47 Å². The number of aromatic nitrogens is 3. The number of halogens is 1. The summed E-state index contributed by atoms with van der Waals surface area (Å²) >= 11 is 0. The Morgan fingerprint density at radius 2 is 1.69 bits per heavy atom. The monoisotopic (exact) mass is 480 g/mol. The van der Waals surface area contributed by atoms with E-state index in [4.69, 9.17) is 9.47 Å². The summed E-state index contributed by atoms with van der Waals surface area (Å²) in [6, 6.07) is 15.5. The lowest BCUT2D eigenvalue weighted by atomic mass is 10.1. The molecule has 0 unspecified atom stereocenters. The Hall–Kier alpha value is -3.68. The Kier molecular flexibility index (Phi) is 9.00. The van der Waals surface area contributed by atoms with Crippen molar-refractivity contribution < 1.29 is 18.7 Å². The lowest BCUT2D eigenvalue weighted by Crippen LogP contribution is -2.37. The van der Waals surface area contributed by atoms with Crippen molar-refractivity contribution >= 4 is 23.9 Å². The van der Waals surface area contributed by atoms with Crippen molar-refractivity contribution in [1.82, 2.24) is 15.0 Å². The van der Waals surface area contributed by atoms with Gasteiger partial charge in [-0.2, -0.15) is 0 Å². The quantitative estimate of drug-likeness (QED) is 0.326. The minimum Gasteiger partial charge on any atom is -0.487 e. The molecule has 2 aromatic carbocycles. The molecule has 0 saturated heterocycles. The number of amides is 1. The molecule has 3 rings (SSSR count). The normalized spacial score (nSPS) is 11.6. The Bertz CT molecular complexity index is 1100. The van der Waals surface area contributed by atoms with Gasteiger partial charge in [-0.05, 0) is 62.6 Å². The van der Waals surface area contributed by atoms with Crippen molar-refractivity contribution in [2.24, 2.45) is 0 Å². The smallest absolute Gasteiger partial charge is 0.414 e. The fourth-order valence-electron chi connectivity index (χ4n) is 3.26. The van der Waals surface area contributed by atoms with Crippen molar-refractivity contribution in [2.45, 2.75) is 52.9 Å². The third-order valence-corrected chi connectivity index (χ3v) is 4.90. The van der Waals surface area contributed by atoms with Gasteiger partial charge >= 0.3 is 6.09 Å². The van der Waals surface area contributed by atoms with Gasteiger partial charge in [0.1, 0.15) is 30.3 Å². The van der Waals surface area contributed by atoms with E-state index in [9.17, 15) is 9.18 Å². The number of benzene rings is 2. The predicted octanol–water partition coefficient (Wildman–Crippen LogP) is 6.15. The van der Waals surface area contributed by atoms with Gasteiger partial charge in [-0.1, -0.05) is 48.6 Å². The highest BCUT2D eigenvalue weighted by atomic mass is 19.1. The summed E-state index contributed by atoms with van der Waals surface area (Å²) in [4.78, 5) is 14.3. The second kappa shape index (κ2) is 12.1. The Morgan fingerprint density at radius 3 is 2.26 bits per heavy atom. The van der Waals surface area contributed by atoms with Crippen LogP contribution in [0.25, 0.3) is 12.2 Å². The van der Waals surface area contributed by atoms with Crippen LogP contribution in [0, 0.1) is 0 Å². The molecule has 35 heavy (non-hydrogen) atoms. The second-order valence-corrected chi connectivity index (χ2v) is 9.08. The number of carbonyl (C=O) groups is 1. The first-order valence-electron chi connectivity index (χ1n) is 11.7. The molecule has 0 aliphatic rings. The number of nitrogens with zero attached hydrogens (tertiary/aromatic N) is 4. The van der Waals surface area contributed by atoms with E-state index < -0.39 is 12.3 Å². The molecule has 0 radical (unpaired) electrons. The van der Waals surface area contributed by atoms with Crippen molar-refractivity contribution in [3.05, 3.63) is 71.5 Å². The molecular formula is C27H33FN4O3. The SMILES string of the molecule is CCCN(C(=O)OC(C)(C)C)c1ccc(/C=C/c2ccc(OCc3cn(CCF)nn3)cc2)cc1. The number of aryl methyl sites for hydroxylation is 1. The molecule has 0 bridgehead atoms. The summed E-state index contributed by atoms with van der Waals surface area (Å²) in [5.41, 5.74) is 2.96. The first-order chi connectivity index (χ1) is 16.8. The molecule has 1 aromatic heterocycles. The largest absolute Gasteiger partial charge is 0.487 e. The molecule has 1 amide bonds. The Balaban J connectivity index is 1.57. The summed E-state index contributed by atoms with van der Waals surface area (Å²) in [7, 11) is 0. The van der Waals surface area contributed by atoms with E-state index in [1.54, 1.807) is 11.1 Å². The van der Waals surface area contributed by atoms with E-state index in [-0.39, 0.29) is 19.2 Å². The predicted molar refractivity (Wildman–Crippen MR) is 136 cm³/mol. The third kappa shape index (κ3) is 8.24. The number of hydrogen-bond donors (Lipinski definition) is 0. The number of carbonyl (C=O) groups excluding carboxylic acids is 1. The zero-order valence-corrected chi connectivity index (χ0v) is 20.8. The Morgan fingerprint density at radius 1 is 1.06 bits per heavy atom. The van der Waals surface area contributed by atoms with Crippen LogP contribution in [0.5, 0.6) is 5.75 Å². The van der Waals surface area contributed by atoms with Crippen molar-refractivity contribution in [3.8, 4) is 5.75 Å². The molecule has 0 atom stereocenters. The molecule has 0 aliphatic heterocycles. The number of rotatable bonds is 10. The molecule has 3 aromatic rings. The van der Waals surface area contributed by atoms with Gasteiger partial charge in [0.2, 0.25) is 0 Å². The molecule has 0 spiro atoms. The van der Waals surface area contributed by atoms with E-state index in [0.29, 0.717) is 18.0 Å². The van der Waals surface area contributed by atoms with Crippen LogP contribution >= 0.6 is 0 Å². The van der Waals surface area contributed by atoms with E-state index in [1.165, 1.54) is 4.68 Å². The molecule has 0 saturated carbocycles. The summed E-state index contributed by atoms with van der Waals surface area (Å²) in [5.74, 6) is 0.713. The van der Waals surface area contributed by atoms with Gasteiger partial charge in [0.15, 0.2) is 0 Å². The molecule has 0 aliphatic carbocycles. The zero-order chi connectivity index (χ0) is 25.3. The third-order valence-electron chi connectivity index (χ3n) is 4.90. The maximum absolute atomic E-state index is 12.6. The van der Waals surface area contributed by atoms with Crippen LogP contribution in [0.4, 0.5) is 14.9 Å². The van der Waals surface area contributed by atoms with Gasteiger partial charge in [-0.3, -0.25) is 4.90 Å². The lowest BCUT2D eigenvalue weighted by molar-refractivity contribution is 0.0580. The van der Waals surface area contributed by atoms with Gasteiger partial charge in [0.25, 0.3) is 0 Å². The fourth-order valence-corrected chi connectivity index (χ4v) is 3.26. The number of alkyl halides is 1. The molecule has 8 heteroatoms. The van der Waals surface area contributed by atoms with Gasteiger partial charge in [0, 0.05) is 12.2 Å². The van der Waals surface area contributed by atoms with Crippen LogP contribution in [0.2, 0.25) is 0 Å². The standard InChI is InChI=1S/C27H33FN4O3/c1-5-17-32(26(33)35-27(2,3)4)24-12-8-21(9-13-24)6-7-22-10-14-25(15-11-22)34-20-23-19-31(18-16-28)30-29-23/h6-15,19H,5,16-18,20H2,1-4H3/b7-6+. The fraction of sp³-hybridized carbons (Fsp3) is 0.370. The summed E-state index contributed by atoms with van der Waals surface area (Å²) in [5, 5.41) is 7.81. The van der Waals surface area contributed by atoms with Crippen LogP contribution in [0.15, 0.2) is 54.7 Å². The van der Waals surface area contributed by atoms with Crippen molar-refractivity contribution in [2.75, 3.05) is 18.1 Å². The highest BCUT2D eigenvalue weighted by molar-refractivity contribution is 5.88. The van der Waals surface area contributed by atoms with E-state index in [0.717, 1.165) is 23.2 Å². The number of hydrogen-bond acceptors (Lipinski definition) is 5. The van der Waals surface area contributed by atoms with E-state index in [2.05, 4.69) is 10.3 Å². The van der Waals surface area contributed by atoms with E-state index in [1.807, 2.05) is 88.4 Å². The first-order valence-corrected chi connectivity index (χ1v) is 11.7. The van der Waals surface area contributed by atoms with Crippen LogP contribution in [0.3, 0.4) is 0 Å². The number of ether oxygens (including phenoxy) is 2. The molecule has 0 fully saturated rings. The van der Waals surface area contributed by atoms with Gasteiger partial charge in [-0.25, -0.2) is 13.9 Å². The summed E-state index contributed by atoms with van der Waals surface area (Å²) in [6.07, 6.45) is 6.20. The van der Waals surface area contributed by atoms with Crippen molar-refractivity contribution in [3.63, 3.8) is 0 Å². The molecule has 7 nitrogen and oxygen atoms in total. The average Bonchev–Trinajstić information content (AvgIpc) is 3.27. The molecular weight excluding hydrogens is 447 g/mol. The van der Waals surface area contributed by atoms with Crippen LogP contribution in [0.1, 0.15) is 50.9 Å². The van der Waals surface area contributed by atoms with Crippen LogP contribution in [-0.2, 0) is 17.9 Å². The van der Waals surface area contributed by atoms with Crippen molar-refractivity contribution in [1.29, 1.82) is 0 Å². The molecule has 0 N–H and O–H groups in total. The minimum absolute atomic E-state index is 0.192. The Labute approximate surface area is 206 Å². The summed E-state index contributed by atoms with van der Waals surface area (Å²) < 4.78 is 25.1. The highest BCUT2D eigenvalue weighted by Gasteiger charge is 2.22. The second-order valence-electron chi connectivity index (χ2n) is 9.08. The minimum atomic E-state index is -0.539. The van der Waals surface area contributed by atoms with Gasteiger partial charge in [-0.15, -0.1) is 5.10 Å². The highest BCUT2D eigenvalue weighted by Crippen LogP contribution is 2.21.